The summed E-state index contributed by atoms with van der Waals surface area (Å²) < 4.78 is 119. The number of fused-ring (bicyclic) bond motifs is 5. The summed E-state index contributed by atoms with van der Waals surface area (Å²) in [7, 11) is 1.45. The maximum Gasteiger partial charge on any atom is 0.341 e. The van der Waals surface area contributed by atoms with Crippen molar-refractivity contribution in [1.29, 1.82) is 0 Å². The average molecular weight is 1810 g/mol. The van der Waals surface area contributed by atoms with Crippen LogP contribution in [0, 0.1) is 47.6 Å². The first kappa shape index (κ1) is 92.1. The van der Waals surface area contributed by atoms with Crippen molar-refractivity contribution >= 4 is 118 Å². The smallest absolute Gasteiger partial charge is 0.341 e. The fraction of sp³-hybridized carbons (Fsp3) is 0.451. The first-order valence-corrected chi connectivity index (χ1v) is 43.6. The van der Waals surface area contributed by atoms with Crippen LogP contribution in [-0.4, -0.2) is 214 Å². The van der Waals surface area contributed by atoms with Crippen molar-refractivity contribution in [3.63, 3.8) is 0 Å². The fourth-order valence-corrected chi connectivity index (χ4v) is 18.4. The van der Waals surface area contributed by atoms with E-state index in [9.17, 15) is 77.2 Å². The molecule has 4 aliphatic carbocycles. The molecule has 0 radical (unpaired) electrons. The van der Waals surface area contributed by atoms with Gasteiger partial charge in [-0.15, -0.1) is 0 Å². The maximum atomic E-state index is 15.6. The zero-order valence-corrected chi connectivity index (χ0v) is 72.9. The summed E-state index contributed by atoms with van der Waals surface area (Å²) in [6.45, 7) is 22.6. The van der Waals surface area contributed by atoms with Crippen LogP contribution in [-0.2, 0) is 6.54 Å². The fourth-order valence-electron chi connectivity index (χ4n) is 18.4. The van der Waals surface area contributed by atoms with Gasteiger partial charge in [-0.1, -0.05) is 0 Å². The molecule has 32 nitrogen and oxygen atoms in total. The zero-order chi connectivity index (χ0) is 93.3. The van der Waals surface area contributed by atoms with E-state index >= 15 is 22.0 Å². The molecule has 130 heavy (non-hydrogen) atoms. The number of ether oxygens (including phenoxy) is 1. The second-order valence-electron chi connectivity index (χ2n) is 35.0. The molecule has 0 bridgehead atoms. The second-order valence-corrected chi connectivity index (χ2v) is 35.0. The number of hydrogen-bond donors (Lipinski definition) is 11. The van der Waals surface area contributed by atoms with Gasteiger partial charge in [-0.2, -0.15) is 0 Å². The number of methoxy groups -OCH3 is 1. The summed E-state index contributed by atoms with van der Waals surface area (Å²) in [6, 6.07) is 7.60. The van der Waals surface area contributed by atoms with Crippen molar-refractivity contribution in [1.82, 2.24) is 49.4 Å². The third kappa shape index (κ3) is 18.0. The minimum absolute atomic E-state index is 0.0134. The lowest BCUT2D eigenvalue weighted by atomic mass is 10.0. The Labute approximate surface area is 738 Å². The van der Waals surface area contributed by atoms with E-state index in [0.717, 1.165) is 102 Å². The minimum Gasteiger partial charge on any atom is -0.492 e. The van der Waals surface area contributed by atoms with Crippen LogP contribution in [0.25, 0.3) is 54.5 Å². The van der Waals surface area contributed by atoms with Crippen LogP contribution < -0.4 is 88.7 Å². The molecule has 3 unspecified atom stereocenters. The molecule has 10 aromatic rings. The molecule has 5 saturated heterocycles. The van der Waals surface area contributed by atoms with Gasteiger partial charge < -0.3 is 110 Å². The molecule has 19 rings (SSSR count). The van der Waals surface area contributed by atoms with Gasteiger partial charge in [0.1, 0.15) is 62.3 Å². The molecule has 4 saturated carbocycles. The molecule has 0 amide bonds. The molecule has 10 heterocycles. The number of hydrogen-bond acceptors (Lipinski definition) is 22. The predicted molar refractivity (Wildman–Crippen MR) is 478 cm³/mol. The minimum atomic E-state index is -1.45. The monoisotopic (exact) mass is 1810 g/mol. The van der Waals surface area contributed by atoms with Crippen LogP contribution in [0.15, 0.2) is 85.3 Å². The molecule has 39 heteroatoms. The molecule has 5 aliphatic heterocycles. The number of rotatable bonds is 16. The molecule has 692 valence electrons. The van der Waals surface area contributed by atoms with Crippen LogP contribution >= 0.6 is 0 Å². The molecule has 9 aliphatic rings. The molecular weight excluding hydrogens is 1710 g/mol. The van der Waals surface area contributed by atoms with E-state index in [4.69, 9.17) is 15.6 Å². The molecular formula is C91H103F7N16O16. The highest BCUT2D eigenvalue weighted by molar-refractivity contribution is 6.02. The third-order valence-corrected chi connectivity index (χ3v) is 25.2. The van der Waals surface area contributed by atoms with Crippen molar-refractivity contribution in [2.75, 3.05) is 136 Å². The Morgan fingerprint density at radius 3 is 1.28 bits per heavy atom. The normalized spacial score (nSPS) is 20.0. The summed E-state index contributed by atoms with van der Waals surface area (Å²) in [5.41, 5.74) is 2.26. The molecule has 12 N–H and O–H groups in total. The second kappa shape index (κ2) is 37.1. The van der Waals surface area contributed by atoms with Gasteiger partial charge in [0.15, 0.2) is 29.0 Å². The van der Waals surface area contributed by atoms with Crippen LogP contribution in [0.5, 0.6) is 5.75 Å². The predicted octanol–water partition coefficient (Wildman–Crippen LogP) is 9.72. The van der Waals surface area contributed by atoms with Crippen molar-refractivity contribution < 1.29 is 85.0 Å². The highest BCUT2D eigenvalue weighted by atomic mass is 19.2. The quantitative estimate of drug-likeness (QED) is 0.0316. The third-order valence-electron chi connectivity index (χ3n) is 25.2. The number of piperazine rings is 5. The first-order valence-electron chi connectivity index (χ1n) is 43.6. The lowest BCUT2D eigenvalue weighted by Crippen LogP contribution is -2.54. The Morgan fingerprint density at radius 2 is 0.792 bits per heavy atom. The van der Waals surface area contributed by atoms with E-state index < -0.39 is 120 Å². The van der Waals surface area contributed by atoms with Gasteiger partial charge in [0.2, 0.25) is 27.1 Å². The van der Waals surface area contributed by atoms with Crippen LogP contribution in [0.1, 0.15) is 174 Å². The Hall–Kier alpha value is -12.6. The summed E-state index contributed by atoms with van der Waals surface area (Å²) >= 11 is 0. The molecule has 5 aromatic heterocycles. The van der Waals surface area contributed by atoms with Gasteiger partial charge in [0.05, 0.1) is 73.3 Å². The number of nitrogens with two attached hydrogens (primary N) is 1. The summed E-state index contributed by atoms with van der Waals surface area (Å²) in [5, 5.41) is 62.6. The first-order chi connectivity index (χ1) is 61.9. The number of benzene rings is 5. The van der Waals surface area contributed by atoms with E-state index in [1.165, 1.54) is 40.9 Å². The number of aromatic carboxylic acids is 5. The number of nitrogen functional groups attached to an aromatic ring is 1. The number of nitrogens with one attached hydrogen (secondary N) is 5. The number of carboxylic acids is 5. The highest BCUT2D eigenvalue weighted by Gasteiger charge is 2.39. The van der Waals surface area contributed by atoms with Crippen LogP contribution in [0.4, 0.5) is 64.9 Å². The number of halogens is 7. The molecule has 5 atom stereocenters. The Kier molecular flexibility index (Phi) is 26.3. The number of aryl methyl sites for hydroxylation is 2. The van der Waals surface area contributed by atoms with Crippen molar-refractivity contribution in [2.45, 2.75) is 161 Å². The number of anilines is 6. The molecule has 0 spiro atoms. The van der Waals surface area contributed by atoms with Gasteiger partial charge in [-0.3, -0.25) is 24.0 Å². The van der Waals surface area contributed by atoms with Crippen molar-refractivity contribution in [3.8, 4) is 5.75 Å². The Balaban J connectivity index is 0.000000125. The van der Waals surface area contributed by atoms with Crippen LogP contribution in [0.2, 0.25) is 0 Å². The SMILES string of the molecule is CCn1cc(C(=O)O)c(=O)c2cc(F)c(N3CCNC(C)C3)c(F)c21.COc1c(N2CCNC(C)C2)c(F)cc2c(=O)c(C(=O)O)cn(C3CC3)c12.C[C@@H]1CN(c2c(F)c(N)c3c(=O)c(C(=O)O)cn(C4CC4)c3c2F)C[C@H](C)N1.Cc1c(F)c(N2CCNC(C)C2)cc2c1c(=O)c(C(=O)O)cn2C1CC1.O=C(O)c1cn(C2CC2)c2cc(N3CCNCC3)c(F)cc2c1=O. The van der Waals surface area contributed by atoms with E-state index in [-0.39, 0.29) is 127 Å². The molecule has 5 aromatic carbocycles. The Bertz CT molecular complexity index is 6590. The lowest BCUT2D eigenvalue weighted by Gasteiger charge is -2.38. The van der Waals surface area contributed by atoms with Crippen molar-refractivity contribution in [3.05, 3.63) is 187 Å². The largest absolute Gasteiger partial charge is 0.492 e. The van der Waals surface area contributed by atoms with Gasteiger partial charge in [0, 0.05) is 201 Å². The van der Waals surface area contributed by atoms with Crippen LogP contribution in [0.3, 0.4) is 0 Å². The van der Waals surface area contributed by atoms with Gasteiger partial charge >= 0.3 is 29.8 Å². The van der Waals surface area contributed by atoms with Gasteiger partial charge in [-0.25, -0.2) is 54.7 Å². The van der Waals surface area contributed by atoms with Gasteiger partial charge in [0.25, 0.3) is 0 Å². The molecule has 9 fully saturated rings. The highest BCUT2D eigenvalue weighted by Crippen LogP contribution is 2.47. The number of aromatic nitrogens is 5. The van der Waals surface area contributed by atoms with E-state index in [1.54, 1.807) is 40.3 Å². The average Bonchev–Trinajstić information content (AvgIpc) is 1.35. The Morgan fingerprint density at radius 1 is 0.408 bits per heavy atom. The maximum absolute atomic E-state index is 15.6. The summed E-state index contributed by atoms with van der Waals surface area (Å²) in [5.74, 6) is -11.5. The van der Waals surface area contributed by atoms with E-state index in [2.05, 4.69) is 33.5 Å². The van der Waals surface area contributed by atoms with Crippen molar-refractivity contribution in [2.24, 2.45) is 0 Å². The zero-order valence-electron chi connectivity index (χ0n) is 72.9. The van der Waals surface area contributed by atoms with Gasteiger partial charge in [-0.05, 0) is 130 Å². The lowest BCUT2D eigenvalue weighted by molar-refractivity contribution is 0.0684. The van der Waals surface area contributed by atoms with E-state index in [0.29, 0.717) is 111 Å². The van der Waals surface area contributed by atoms with E-state index in [1.807, 2.05) is 51.5 Å². The number of nitrogens with zero attached hydrogens (tertiary/aromatic N) is 10. The number of pyridine rings is 5. The topological polar surface area (TPSA) is 408 Å². The standard InChI is InChI=1S/C19H22F2N4O3.C19H22FN3O4.C19H22FN3O3.C17H19F2N3O3.C17H18FN3O3/c1-8-5-24(6-9(2)23-8)17-13(20)15(22)12-16(14(17)21)25(10-3-4-10)7-11(18(12)26)19(27)28;1-10-8-22(6-5-21-10)16-14(20)7-12-15(18(16)27-2)23(11-3-4-11)9-13(17(12)24)19(25)26;1-10-8-22(6-5-21-10)15-7-14-16(11(2)17(15)20)18(24)13(19(25)26)9-23(14)12-3-4-12;1-3-21-8-11(17(24)25)16(23)10-6-12(18)15(13(19)14(10)21)22-5-4-20-9(2)7-22;18-13-7-11-14(8-15(13)20-5-3-19-4-6-20)21(10-1-2-10)9-12(16(11)22)17(23)24/h7-10,23H,3-6,22H2,1-2H3,(H,27,28);7,9-11,21H,3-6,8H2,1-2H3,(H,25,26);7,9-10,12,21H,3-6,8H2,1-2H3,(H,25,26);6,8-9,20H,3-5,7H2,1-2H3,(H,24,25);7-10,19H,1-6H2,(H,23,24)/t8-,9+;;;;. The summed E-state index contributed by atoms with van der Waals surface area (Å²) in [4.78, 5) is 129. The summed E-state index contributed by atoms with van der Waals surface area (Å²) in [6.07, 6.45) is 13.4. The number of carboxylic acid groups (broad SMARTS) is 5. The number of carbonyl (C=O) groups is 5.